The Morgan fingerprint density at radius 2 is 2.05 bits per heavy atom. The lowest BCUT2D eigenvalue weighted by atomic mass is 10.3. The lowest BCUT2D eigenvalue weighted by Crippen LogP contribution is -2.10. The van der Waals surface area contributed by atoms with Crippen molar-refractivity contribution in [2.45, 2.75) is 23.9 Å². The molecule has 0 aliphatic heterocycles. The Labute approximate surface area is 115 Å². The van der Waals surface area contributed by atoms with E-state index in [0.29, 0.717) is 16.6 Å². The van der Waals surface area contributed by atoms with Crippen LogP contribution in [0.3, 0.4) is 0 Å². The molecular formula is C12H15N5OS. The van der Waals surface area contributed by atoms with Crippen LogP contribution in [-0.4, -0.2) is 22.1 Å². The van der Waals surface area contributed by atoms with Crippen molar-refractivity contribution in [2.24, 2.45) is 5.84 Å². The van der Waals surface area contributed by atoms with Crippen molar-refractivity contribution in [3.05, 3.63) is 29.7 Å². The Balaban J connectivity index is 2.37. The Hall–Kier alpha value is -1.86. The van der Waals surface area contributed by atoms with Gasteiger partial charge in [-0.2, -0.15) is 0 Å². The van der Waals surface area contributed by atoms with E-state index in [1.165, 1.54) is 18.1 Å². The van der Waals surface area contributed by atoms with Crippen molar-refractivity contribution in [3.63, 3.8) is 0 Å². The molecule has 0 bridgehead atoms. The lowest BCUT2D eigenvalue weighted by Gasteiger charge is -2.10. The van der Waals surface area contributed by atoms with Crippen molar-refractivity contribution in [1.29, 1.82) is 0 Å². The van der Waals surface area contributed by atoms with Gasteiger partial charge in [-0.25, -0.2) is 20.8 Å². The van der Waals surface area contributed by atoms with E-state index in [1.54, 1.807) is 7.11 Å². The summed E-state index contributed by atoms with van der Waals surface area (Å²) in [6.07, 6.45) is 1.43. The minimum atomic E-state index is 0.448. The molecule has 2 heterocycles. The van der Waals surface area contributed by atoms with E-state index >= 15 is 0 Å². The predicted octanol–water partition coefficient (Wildman–Crippen LogP) is 1.93. The van der Waals surface area contributed by atoms with Crippen LogP contribution in [0.15, 0.2) is 28.5 Å². The van der Waals surface area contributed by atoms with Gasteiger partial charge in [0.1, 0.15) is 11.4 Å². The van der Waals surface area contributed by atoms with Crippen molar-refractivity contribution in [3.8, 4) is 5.75 Å². The van der Waals surface area contributed by atoms with Gasteiger partial charge in [-0.3, -0.25) is 0 Å². The first-order valence-electron chi connectivity index (χ1n) is 5.62. The van der Waals surface area contributed by atoms with Crippen LogP contribution >= 0.6 is 11.8 Å². The number of aryl methyl sites for hydroxylation is 2. The average Bonchev–Trinajstić information content (AvgIpc) is 2.37. The van der Waals surface area contributed by atoms with E-state index < -0.39 is 0 Å². The largest absolute Gasteiger partial charge is 0.490 e. The zero-order valence-electron chi connectivity index (χ0n) is 11.0. The molecule has 2 rings (SSSR count). The number of aromatic nitrogens is 3. The molecule has 0 spiro atoms. The summed E-state index contributed by atoms with van der Waals surface area (Å²) in [5.74, 6) is 6.35. The van der Waals surface area contributed by atoms with Gasteiger partial charge in [-0.05, 0) is 43.3 Å². The highest BCUT2D eigenvalue weighted by Gasteiger charge is 2.13. The third-order valence-corrected chi connectivity index (χ3v) is 3.29. The van der Waals surface area contributed by atoms with Gasteiger partial charge >= 0.3 is 0 Å². The normalized spacial score (nSPS) is 10.3. The highest BCUT2D eigenvalue weighted by molar-refractivity contribution is 7.99. The molecule has 0 saturated carbocycles. The molecule has 3 N–H and O–H groups in total. The molecular weight excluding hydrogens is 262 g/mol. The zero-order chi connectivity index (χ0) is 13.8. The van der Waals surface area contributed by atoms with Gasteiger partial charge in [0.25, 0.3) is 0 Å². The Morgan fingerprint density at radius 1 is 1.26 bits per heavy atom. The minimum Gasteiger partial charge on any atom is -0.490 e. The smallest absolute Gasteiger partial charge is 0.195 e. The lowest BCUT2D eigenvalue weighted by molar-refractivity contribution is 0.400. The van der Waals surface area contributed by atoms with E-state index in [-0.39, 0.29) is 0 Å². The summed E-state index contributed by atoms with van der Waals surface area (Å²) < 4.78 is 5.28. The maximum Gasteiger partial charge on any atom is 0.195 e. The summed E-state index contributed by atoms with van der Waals surface area (Å²) >= 11 is 1.41. The van der Waals surface area contributed by atoms with Crippen LogP contribution in [0.5, 0.6) is 5.75 Å². The molecule has 0 aliphatic rings. The van der Waals surface area contributed by atoms with E-state index in [1.807, 2.05) is 26.0 Å². The summed E-state index contributed by atoms with van der Waals surface area (Å²) in [7, 11) is 1.55. The molecule has 0 fully saturated rings. The summed E-state index contributed by atoms with van der Waals surface area (Å²) in [5.41, 5.74) is 4.60. The van der Waals surface area contributed by atoms with Gasteiger partial charge in [-0.15, -0.1) is 0 Å². The Morgan fingerprint density at radius 3 is 2.68 bits per heavy atom. The van der Waals surface area contributed by atoms with E-state index in [0.717, 1.165) is 16.3 Å². The molecule has 0 atom stereocenters. The van der Waals surface area contributed by atoms with Gasteiger partial charge in [0.05, 0.1) is 7.11 Å². The maximum atomic E-state index is 5.39. The highest BCUT2D eigenvalue weighted by Crippen LogP contribution is 2.35. The number of anilines is 1. The minimum absolute atomic E-state index is 0.448. The molecule has 100 valence electrons. The average molecular weight is 277 g/mol. The molecule has 19 heavy (non-hydrogen) atoms. The molecule has 2 aromatic heterocycles. The number of nitrogen functional groups attached to an aromatic ring is 1. The number of rotatable bonds is 4. The molecule has 0 radical (unpaired) electrons. The van der Waals surface area contributed by atoms with Gasteiger partial charge in [0.15, 0.2) is 16.6 Å². The molecule has 6 nitrogen and oxygen atoms in total. The van der Waals surface area contributed by atoms with E-state index in [4.69, 9.17) is 10.6 Å². The number of ether oxygens (including phenoxy) is 1. The van der Waals surface area contributed by atoms with E-state index in [9.17, 15) is 0 Å². The summed E-state index contributed by atoms with van der Waals surface area (Å²) in [6.45, 7) is 3.99. The Kier molecular flexibility index (Phi) is 4.18. The van der Waals surface area contributed by atoms with Crippen LogP contribution in [0.25, 0.3) is 0 Å². The van der Waals surface area contributed by atoms with Crippen LogP contribution in [0, 0.1) is 13.8 Å². The van der Waals surface area contributed by atoms with Crippen molar-refractivity contribution in [1.82, 2.24) is 15.0 Å². The summed E-state index contributed by atoms with van der Waals surface area (Å²) in [5, 5.41) is 1.53. The number of pyridine rings is 1. The van der Waals surface area contributed by atoms with Crippen LogP contribution in [0.2, 0.25) is 0 Å². The maximum absolute atomic E-state index is 5.39. The molecule has 0 aromatic carbocycles. The highest BCUT2D eigenvalue weighted by atomic mass is 32.2. The number of methoxy groups -OCH3 is 1. The standard InChI is InChI=1S/C12H15N5OS/c1-7-4-8(2)16-9(5-7)19-12-10(18-3)11(17-13)14-6-15-12/h4-6H,13H2,1-3H3,(H,14,15,17). The first kappa shape index (κ1) is 13.6. The van der Waals surface area contributed by atoms with Crippen molar-refractivity contribution in [2.75, 3.05) is 12.5 Å². The predicted molar refractivity (Wildman–Crippen MR) is 74.2 cm³/mol. The molecule has 0 aliphatic carbocycles. The van der Waals surface area contributed by atoms with Crippen molar-refractivity contribution < 1.29 is 4.74 Å². The molecule has 2 aromatic rings. The fourth-order valence-corrected chi connectivity index (χ4v) is 2.68. The fourth-order valence-electron chi connectivity index (χ4n) is 1.67. The van der Waals surface area contributed by atoms with Gasteiger partial charge in [0.2, 0.25) is 0 Å². The van der Waals surface area contributed by atoms with Crippen molar-refractivity contribution >= 4 is 17.6 Å². The second-order valence-electron chi connectivity index (χ2n) is 3.93. The van der Waals surface area contributed by atoms with Crippen LogP contribution in [0.1, 0.15) is 11.3 Å². The third kappa shape index (κ3) is 3.12. The number of hydrogen-bond donors (Lipinski definition) is 2. The first-order valence-corrected chi connectivity index (χ1v) is 6.44. The van der Waals surface area contributed by atoms with Gasteiger partial charge < -0.3 is 10.2 Å². The monoisotopic (exact) mass is 277 g/mol. The number of nitrogens with zero attached hydrogens (tertiary/aromatic N) is 3. The number of hydrogen-bond acceptors (Lipinski definition) is 7. The topological polar surface area (TPSA) is 86.0 Å². The quantitative estimate of drug-likeness (QED) is 0.501. The molecule has 0 unspecified atom stereocenters. The second kappa shape index (κ2) is 5.85. The fraction of sp³-hybridized carbons (Fsp3) is 0.250. The zero-order valence-corrected chi connectivity index (χ0v) is 11.8. The SMILES string of the molecule is COc1c(NN)ncnc1Sc1cc(C)cc(C)n1. The molecule has 7 heteroatoms. The van der Waals surface area contributed by atoms with Gasteiger partial charge in [-0.1, -0.05) is 0 Å². The second-order valence-corrected chi connectivity index (χ2v) is 4.94. The van der Waals surface area contributed by atoms with Crippen LogP contribution in [0.4, 0.5) is 5.82 Å². The first-order chi connectivity index (χ1) is 9.13. The van der Waals surface area contributed by atoms with Crippen LogP contribution in [-0.2, 0) is 0 Å². The van der Waals surface area contributed by atoms with Crippen LogP contribution < -0.4 is 16.0 Å². The number of nitrogens with two attached hydrogens (primary N) is 1. The Bertz CT molecular complexity index is 570. The molecule has 0 saturated heterocycles. The molecule has 0 amide bonds. The van der Waals surface area contributed by atoms with Gasteiger partial charge in [0, 0.05) is 5.69 Å². The van der Waals surface area contributed by atoms with E-state index in [2.05, 4.69) is 20.4 Å². The third-order valence-electron chi connectivity index (χ3n) is 2.39. The number of nitrogens with one attached hydrogen (secondary N) is 1. The summed E-state index contributed by atoms with van der Waals surface area (Å²) in [6, 6.07) is 4.02. The number of hydrazine groups is 1. The summed E-state index contributed by atoms with van der Waals surface area (Å²) in [4.78, 5) is 12.7.